The van der Waals surface area contributed by atoms with Gasteiger partial charge in [-0.15, -0.1) is 6.58 Å². The Hall–Kier alpha value is -2.63. The van der Waals surface area contributed by atoms with Crippen molar-refractivity contribution in [3.63, 3.8) is 0 Å². The van der Waals surface area contributed by atoms with E-state index in [1.807, 2.05) is 6.08 Å². The molecule has 2 amide bonds. The minimum Gasteiger partial charge on any atom is -0.467 e. The monoisotopic (exact) mass is 360 g/mol. The number of methoxy groups -OCH3 is 1. The lowest BCUT2D eigenvalue weighted by molar-refractivity contribution is -0.143. The summed E-state index contributed by atoms with van der Waals surface area (Å²) in [5.41, 5.74) is 0.901. The second-order valence-corrected chi connectivity index (χ2v) is 6.09. The molecule has 0 saturated carbocycles. The molecule has 0 spiro atoms. The van der Waals surface area contributed by atoms with Gasteiger partial charge in [-0.1, -0.05) is 31.4 Å². The normalized spacial score (nSPS) is 11.3. The van der Waals surface area contributed by atoms with Gasteiger partial charge in [-0.05, 0) is 37.5 Å². The van der Waals surface area contributed by atoms with Crippen molar-refractivity contribution < 1.29 is 19.1 Å². The minimum atomic E-state index is -0.684. The molecule has 0 aliphatic heterocycles. The highest BCUT2D eigenvalue weighted by atomic mass is 16.5. The molecule has 0 unspecified atom stereocenters. The Morgan fingerprint density at radius 3 is 2.58 bits per heavy atom. The standard InChI is InChI=1S/C20H28N2O4/c1-4-5-6-7-8-9-13-18(20(25)26-3)22-19(24)16-11-10-12-17(14-16)21-15(2)23/h4,10-12,14,18H,1,5-9,13H2,2-3H3,(H,21,23)(H,22,24)/t18-/m0/s1. The number of hydrogen-bond donors (Lipinski definition) is 2. The van der Waals surface area contributed by atoms with Gasteiger partial charge in [0.2, 0.25) is 5.91 Å². The van der Waals surface area contributed by atoms with Crippen LogP contribution in [0.1, 0.15) is 55.8 Å². The van der Waals surface area contributed by atoms with Crippen molar-refractivity contribution in [2.45, 2.75) is 51.5 Å². The largest absolute Gasteiger partial charge is 0.467 e. The van der Waals surface area contributed by atoms with E-state index in [2.05, 4.69) is 17.2 Å². The number of carbonyl (C=O) groups excluding carboxylic acids is 3. The molecule has 1 atom stereocenters. The SMILES string of the molecule is C=CCCCCCC[C@H](NC(=O)c1cccc(NC(C)=O)c1)C(=O)OC. The van der Waals surface area contributed by atoms with Gasteiger partial charge in [0.25, 0.3) is 5.91 Å². The Labute approximate surface area is 155 Å². The van der Waals surface area contributed by atoms with E-state index in [9.17, 15) is 14.4 Å². The van der Waals surface area contributed by atoms with Crippen LogP contribution in [0.3, 0.4) is 0 Å². The van der Waals surface area contributed by atoms with Crippen molar-refractivity contribution in [3.8, 4) is 0 Å². The maximum absolute atomic E-state index is 12.4. The van der Waals surface area contributed by atoms with Crippen molar-refractivity contribution in [1.29, 1.82) is 0 Å². The molecule has 0 bridgehead atoms. The van der Waals surface area contributed by atoms with Crippen LogP contribution in [-0.2, 0) is 14.3 Å². The maximum Gasteiger partial charge on any atom is 0.328 e. The van der Waals surface area contributed by atoms with Gasteiger partial charge in [-0.25, -0.2) is 4.79 Å². The number of anilines is 1. The second-order valence-electron chi connectivity index (χ2n) is 6.09. The summed E-state index contributed by atoms with van der Waals surface area (Å²) >= 11 is 0. The molecule has 0 heterocycles. The predicted molar refractivity (Wildman–Crippen MR) is 102 cm³/mol. The van der Waals surface area contributed by atoms with Gasteiger partial charge in [-0.2, -0.15) is 0 Å². The summed E-state index contributed by atoms with van der Waals surface area (Å²) in [6, 6.07) is 5.88. The lowest BCUT2D eigenvalue weighted by atomic mass is 10.1. The molecule has 1 rings (SSSR count). The fraction of sp³-hybridized carbons (Fsp3) is 0.450. The van der Waals surface area contributed by atoms with Gasteiger partial charge in [0.05, 0.1) is 7.11 Å². The van der Waals surface area contributed by atoms with Gasteiger partial charge < -0.3 is 15.4 Å². The van der Waals surface area contributed by atoms with Crippen molar-refractivity contribution >= 4 is 23.5 Å². The zero-order valence-electron chi connectivity index (χ0n) is 15.5. The molecule has 1 aromatic rings. The van der Waals surface area contributed by atoms with Crippen molar-refractivity contribution in [3.05, 3.63) is 42.5 Å². The smallest absolute Gasteiger partial charge is 0.328 e. The van der Waals surface area contributed by atoms with E-state index in [0.717, 1.165) is 32.1 Å². The molecule has 6 heteroatoms. The van der Waals surface area contributed by atoms with E-state index in [0.29, 0.717) is 17.7 Å². The van der Waals surface area contributed by atoms with Gasteiger partial charge in [0.1, 0.15) is 6.04 Å². The van der Waals surface area contributed by atoms with E-state index in [-0.39, 0.29) is 11.8 Å². The molecule has 26 heavy (non-hydrogen) atoms. The zero-order chi connectivity index (χ0) is 19.4. The molecule has 0 aliphatic carbocycles. The Kier molecular flexibility index (Phi) is 9.75. The van der Waals surface area contributed by atoms with Crippen molar-refractivity contribution in [2.24, 2.45) is 0 Å². The first-order valence-corrected chi connectivity index (χ1v) is 8.85. The van der Waals surface area contributed by atoms with E-state index in [1.54, 1.807) is 24.3 Å². The van der Waals surface area contributed by atoms with E-state index in [4.69, 9.17) is 4.74 Å². The number of benzene rings is 1. The lowest BCUT2D eigenvalue weighted by Gasteiger charge is -2.17. The highest BCUT2D eigenvalue weighted by Gasteiger charge is 2.21. The molecular formula is C20H28N2O4. The fourth-order valence-electron chi connectivity index (χ4n) is 2.56. The van der Waals surface area contributed by atoms with Crippen LogP contribution in [-0.4, -0.2) is 30.9 Å². The Balaban J connectivity index is 2.63. The van der Waals surface area contributed by atoms with E-state index >= 15 is 0 Å². The van der Waals surface area contributed by atoms with Gasteiger partial charge in [-0.3, -0.25) is 9.59 Å². The number of hydrogen-bond acceptors (Lipinski definition) is 4. The van der Waals surface area contributed by atoms with Gasteiger partial charge in [0, 0.05) is 18.2 Å². The Morgan fingerprint density at radius 1 is 1.19 bits per heavy atom. The molecule has 0 fully saturated rings. The van der Waals surface area contributed by atoms with Crippen molar-refractivity contribution in [1.82, 2.24) is 5.32 Å². The quantitative estimate of drug-likeness (QED) is 0.360. The predicted octanol–water partition coefficient (Wildman–Crippen LogP) is 3.44. The Bertz CT molecular complexity index is 628. The first kappa shape index (κ1) is 21.4. The summed E-state index contributed by atoms with van der Waals surface area (Å²) in [6.45, 7) is 5.09. The third-order valence-corrected chi connectivity index (χ3v) is 3.89. The number of ether oxygens (including phenoxy) is 1. The van der Waals surface area contributed by atoms with Crippen LogP contribution in [0.4, 0.5) is 5.69 Å². The Morgan fingerprint density at radius 2 is 1.92 bits per heavy atom. The third-order valence-electron chi connectivity index (χ3n) is 3.89. The summed E-state index contributed by atoms with van der Waals surface area (Å²) in [5.74, 6) is -1.05. The van der Waals surface area contributed by atoms with Crippen LogP contribution in [0, 0.1) is 0 Å². The fourth-order valence-corrected chi connectivity index (χ4v) is 2.56. The third kappa shape index (κ3) is 7.96. The number of unbranched alkanes of at least 4 members (excludes halogenated alkanes) is 4. The van der Waals surface area contributed by atoms with Crippen LogP contribution in [0.5, 0.6) is 0 Å². The van der Waals surface area contributed by atoms with Crippen LogP contribution in [0.25, 0.3) is 0 Å². The molecule has 0 radical (unpaired) electrons. The average Bonchev–Trinajstić information content (AvgIpc) is 2.62. The number of nitrogens with one attached hydrogen (secondary N) is 2. The number of rotatable bonds is 11. The second kappa shape index (κ2) is 11.8. The molecule has 1 aromatic carbocycles. The molecule has 142 valence electrons. The van der Waals surface area contributed by atoms with Gasteiger partial charge in [0.15, 0.2) is 0 Å². The summed E-state index contributed by atoms with van der Waals surface area (Å²) in [6.07, 6.45) is 7.35. The summed E-state index contributed by atoms with van der Waals surface area (Å²) in [4.78, 5) is 35.5. The van der Waals surface area contributed by atoms with Crippen LogP contribution in [0.15, 0.2) is 36.9 Å². The number of amides is 2. The van der Waals surface area contributed by atoms with Crippen LogP contribution < -0.4 is 10.6 Å². The first-order chi connectivity index (χ1) is 12.5. The zero-order valence-corrected chi connectivity index (χ0v) is 15.5. The maximum atomic E-state index is 12.4. The molecule has 6 nitrogen and oxygen atoms in total. The van der Waals surface area contributed by atoms with Crippen LogP contribution >= 0.6 is 0 Å². The molecule has 0 saturated heterocycles. The molecule has 2 N–H and O–H groups in total. The van der Waals surface area contributed by atoms with E-state index in [1.165, 1.54) is 14.0 Å². The number of esters is 1. The minimum absolute atomic E-state index is 0.216. The molecule has 0 aliphatic rings. The first-order valence-electron chi connectivity index (χ1n) is 8.85. The summed E-state index contributed by atoms with van der Waals surface area (Å²) in [5, 5.41) is 5.35. The molecule has 0 aromatic heterocycles. The number of allylic oxidation sites excluding steroid dienone is 1. The summed E-state index contributed by atoms with van der Waals surface area (Å²) in [7, 11) is 1.31. The summed E-state index contributed by atoms with van der Waals surface area (Å²) < 4.78 is 4.80. The molecular weight excluding hydrogens is 332 g/mol. The lowest BCUT2D eigenvalue weighted by Crippen LogP contribution is -2.41. The topological polar surface area (TPSA) is 84.5 Å². The highest BCUT2D eigenvalue weighted by molar-refractivity contribution is 5.98. The number of carbonyl (C=O) groups is 3. The highest BCUT2D eigenvalue weighted by Crippen LogP contribution is 2.13. The van der Waals surface area contributed by atoms with Crippen LogP contribution in [0.2, 0.25) is 0 Å². The van der Waals surface area contributed by atoms with Gasteiger partial charge >= 0.3 is 5.97 Å². The van der Waals surface area contributed by atoms with E-state index < -0.39 is 12.0 Å². The average molecular weight is 360 g/mol. The van der Waals surface area contributed by atoms with Crippen molar-refractivity contribution in [2.75, 3.05) is 12.4 Å².